The molecule has 0 saturated heterocycles. The van der Waals surface area contributed by atoms with Crippen LogP contribution in [0.5, 0.6) is 0 Å². The van der Waals surface area contributed by atoms with Crippen molar-refractivity contribution in [3.63, 3.8) is 0 Å². The van der Waals surface area contributed by atoms with E-state index in [0.717, 1.165) is 12.3 Å². The minimum atomic E-state index is -4.34. The molecule has 96 valence electrons. The third-order valence-electron chi connectivity index (χ3n) is 2.65. The summed E-state index contributed by atoms with van der Waals surface area (Å²) in [5, 5.41) is 0.694. The molecule has 17 heavy (non-hydrogen) atoms. The van der Waals surface area contributed by atoms with Gasteiger partial charge in [-0.3, -0.25) is 0 Å². The first kappa shape index (κ1) is 14.3. The number of hydrogen-bond acceptors (Lipinski definition) is 2. The van der Waals surface area contributed by atoms with Gasteiger partial charge in [-0.05, 0) is 26.0 Å². The van der Waals surface area contributed by atoms with Gasteiger partial charge in [0.15, 0.2) is 0 Å². The van der Waals surface area contributed by atoms with Gasteiger partial charge in [-0.25, -0.2) is 4.98 Å². The highest BCUT2D eigenvalue weighted by Crippen LogP contribution is 2.30. The Morgan fingerprint density at radius 2 is 1.88 bits per heavy atom. The zero-order chi connectivity index (χ0) is 13.3. The number of nitrogens with zero attached hydrogens (tertiary/aromatic N) is 2. The molecule has 6 heteroatoms. The highest BCUT2D eigenvalue weighted by atomic mass is 79.9. The fraction of sp³-hybridized carbons (Fsp3) is 0.545. The normalized spacial score (nSPS) is 12.6. The minimum Gasteiger partial charge on any atom is -0.354 e. The van der Waals surface area contributed by atoms with Gasteiger partial charge in [-0.1, -0.05) is 15.9 Å². The molecule has 0 amide bonds. The minimum absolute atomic E-state index is 0.216. The zero-order valence-corrected chi connectivity index (χ0v) is 11.4. The summed E-state index contributed by atoms with van der Waals surface area (Å²) < 4.78 is 37.1. The van der Waals surface area contributed by atoms with Gasteiger partial charge in [0, 0.05) is 24.1 Å². The molecule has 2 nitrogen and oxygen atoms in total. The lowest BCUT2D eigenvalue weighted by atomic mass is 10.1. The van der Waals surface area contributed by atoms with E-state index < -0.39 is 11.7 Å². The average molecular weight is 311 g/mol. The third kappa shape index (κ3) is 3.34. The lowest BCUT2D eigenvalue weighted by molar-refractivity contribution is -0.137. The van der Waals surface area contributed by atoms with Crippen LogP contribution in [0.4, 0.5) is 19.0 Å². The molecule has 0 N–H and O–H groups in total. The Labute approximate surface area is 107 Å². The maximum atomic E-state index is 12.4. The molecule has 0 unspecified atom stereocenters. The zero-order valence-electron chi connectivity index (χ0n) is 9.85. The van der Waals surface area contributed by atoms with E-state index in [-0.39, 0.29) is 5.54 Å². The molecule has 1 aromatic rings. The van der Waals surface area contributed by atoms with Crippen molar-refractivity contribution < 1.29 is 13.2 Å². The molecule has 0 aliphatic carbocycles. The van der Waals surface area contributed by atoms with Crippen LogP contribution < -0.4 is 4.90 Å². The molecule has 0 bridgehead atoms. The van der Waals surface area contributed by atoms with Crippen LogP contribution in [0.2, 0.25) is 0 Å². The van der Waals surface area contributed by atoms with E-state index in [9.17, 15) is 13.2 Å². The number of anilines is 1. The van der Waals surface area contributed by atoms with Crippen LogP contribution in [-0.4, -0.2) is 22.9 Å². The van der Waals surface area contributed by atoms with E-state index in [4.69, 9.17) is 0 Å². The summed E-state index contributed by atoms with van der Waals surface area (Å²) in [6, 6.07) is 2.43. The number of rotatable bonds is 3. The van der Waals surface area contributed by atoms with Crippen molar-refractivity contribution in [2.75, 3.05) is 17.3 Å². The molecule has 0 aliphatic rings. The molecule has 0 fully saturated rings. The van der Waals surface area contributed by atoms with E-state index in [1.807, 2.05) is 18.7 Å². The van der Waals surface area contributed by atoms with Gasteiger partial charge in [-0.2, -0.15) is 13.2 Å². The first-order chi connectivity index (χ1) is 7.68. The summed E-state index contributed by atoms with van der Waals surface area (Å²) in [5.41, 5.74) is -0.946. The Hall–Kier alpha value is -0.780. The summed E-state index contributed by atoms with van der Waals surface area (Å²) in [4.78, 5) is 5.68. The number of pyridine rings is 1. The number of hydrogen-bond donors (Lipinski definition) is 0. The highest BCUT2D eigenvalue weighted by Gasteiger charge is 2.31. The highest BCUT2D eigenvalue weighted by molar-refractivity contribution is 9.09. The predicted octanol–water partition coefficient (Wildman–Crippen LogP) is 3.71. The second kappa shape index (κ2) is 4.84. The standard InChI is InChI=1S/C11H14BrF3N2/c1-10(2,7-12)17(3)9-5-4-8(6-16-9)11(13,14)15/h4-6H,7H2,1-3H3. The first-order valence-electron chi connectivity index (χ1n) is 5.01. The van der Waals surface area contributed by atoms with Crippen molar-refractivity contribution in [1.29, 1.82) is 0 Å². The summed E-state index contributed by atoms with van der Waals surface area (Å²) in [5.74, 6) is 0.516. The van der Waals surface area contributed by atoms with Crippen molar-refractivity contribution in [2.24, 2.45) is 0 Å². The number of alkyl halides is 4. The molecular formula is C11H14BrF3N2. The van der Waals surface area contributed by atoms with E-state index in [1.54, 1.807) is 7.05 Å². The van der Waals surface area contributed by atoms with Crippen LogP contribution in [0.3, 0.4) is 0 Å². The van der Waals surface area contributed by atoms with Crippen LogP contribution in [0.15, 0.2) is 18.3 Å². The van der Waals surface area contributed by atoms with Crippen molar-refractivity contribution in [3.05, 3.63) is 23.9 Å². The molecule has 0 aromatic carbocycles. The summed E-state index contributed by atoms with van der Waals surface area (Å²) in [6.45, 7) is 3.95. The molecule has 0 radical (unpaired) electrons. The largest absolute Gasteiger partial charge is 0.417 e. The molecule has 1 heterocycles. The van der Waals surface area contributed by atoms with Gasteiger partial charge in [0.05, 0.1) is 5.56 Å². The molecule has 0 spiro atoms. The van der Waals surface area contributed by atoms with E-state index in [1.165, 1.54) is 6.07 Å². The van der Waals surface area contributed by atoms with E-state index in [2.05, 4.69) is 20.9 Å². The summed E-state index contributed by atoms with van der Waals surface area (Å²) in [6.07, 6.45) is -3.48. The van der Waals surface area contributed by atoms with Crippen molar-refractivity contribution in [1.82, 2.24) is 4.98 Å². The van der Waals surface area contributed by atoms with Crippen LogP contribution in [-0.2, 0) is 6.18 Å². The van der Waals surface area contributed by atoms with Gasteiger partial charge < -0.3 is 4.90 Å². The van der Waals surface area contributed by atoms with Crippen LogP contribution in [0.1, 0.15) is 19.4 Å². The Bertz CT molecular complexity index is 373. The van der Waals surface area contributed by atoms with Crippen LogP contribution >= 0.6 is 15.9 Å². The summed E-state index contributed by atoms with van der Waals surface area (Å²) >= 11 is 3.37. The molecular weight excluding hydrogens is 297 g/mol. The number of halogens is 4. The summed E-state index contributed by atoms with van der Waals surface area (Å²) in [7, 11) is 1.80. The van der Waals surface area contributed by atoms with Crippen molar-refractivity contribution in [2.45, 2.75) is 25.6 Å². The second-order valence-corrected chi connectivity index (χ2v) is 4.97. The smallest absolute Gasteiger partial charge is 0.354 e. The Morgan fingerprint density at radius 3 is 2.24 bits per heavy atom. The van der Waals surface area contributed by atoms with Gasteiger partial charge in [0.2, 0.25) is 0 Å². The Morgan fingerprint density at radius 1 is 1.29 bits per heavy atom. The monoisotopic (exact) mass is 310 g/mol. The number of aromatic nitrogens is 1. The van der Waals surface area contributed by atoms with Gasteiger partial charge >= 0.3 is 6.18 Å². The molecule has 0 aliphatic heterocycles. The molecule has 1 aromatic heterocycles. The SMILES string of the molecule is CN(c1ccc(C(F)(F)F)cn1)C(C)(C)CBr. The average Bonchev–Trinajstić information content (AvgIpc) is 2.27. The second-order valence-electron chi connectivity index (χ2n) is 4.41. The molecule has 0 saturated carbocycles. The van der Waals surface area contributed by atoms with E-state index in [0.29, 0.717) is 11.1 Å². The quantitative estimate of drug-likeness (QED) is 0.791. The maximum Gasteiger partial charge on any atom is 0.417 e. The van der Waals surface area contributed by atoms with Crippen molar-refractivity contribution >= 4 is 21.7 Å². The fourth-order valence-corrected chi connectivity index (χ4v) is 1.53. The Kier molecular flexibility index (Phi) is 4.06. The lowest BCUT2D eigenvalue weighted by Crippen LogP contribution is -2.43. The molecule has 1 rings (SSSR count). The van der Waals surface area contributed by atoms with Gasteiger partial charge in [0.25, 0.3) is 0 Å². The van der Waals surface area contributed by atoms with Crippen molar-refractivity contribution in [3.8, 4) is 0 Å². The maximum absolute atomic E-state index is 12.4. The van der Waals surface area contributed by atoms with Crippen LogP contribution in [0.25, 0.3) is 0 Å². The first-order valence-corrected chi connectivity index (χ1v) is 6.13. The van der Waals surface area contributed by atoms with E-state index >= 15 is 0 Å². The van der Waals surface area contributed by atoms with Gasteiger partial charge in [-0.15, -0.1) is 0 Å². The molecule has 0 atom stereocenters. The van der Waals surface area contributed by atoms with Gasteiger partial charge in [0.1, 0.15) is 5.82 Å². The topological polar surface area (TPSA) is 16.1 Å². The third-order valence-corrected chi connectivity index (χ3v) is 4.03. The lowest BCUT2D eigenvalue weighted by Gasteiger charge is -2.35. The predicted molar refractivity (Wildman–Crippen MR) is 65.5 cm³/mol. The Balaban J connectivity index is 2.96. The fourth-order valence-electron chi connectivity index (χ4n) is 1.15. The van der Waals surface area contributed by atoms with Crippen LogP contribution in [0, 0.1) is 0 Å².